The number of rotatable bonds is 2. The van der Waals surface area contributed by atoms with Crippen molar-refractivity contribution in [3.05, 3.63) is 29.1 Å². The van der Waals surface area contributed by atoms with Crippen molar-refractivity contribution >= 4 is 12.7 Å². The molecule has 0 unspecified atom stereocenters. The third-order valence-electron chi connectivity index (χ3n) is 1.93. The van der Waals surface area contributed by atoms with Crippen LogP contribution < -0.4 is 11.2 Å². The predicted molar refractivity (Wildman–Crippen MR) is 46.9 cm³/mol. The Bertz CT molecular complexity index is 328. The second-order valence-electron chi connectivity index (χ2n) is 2.68. The fourth-order valence-corrected chi connectivity index (χ4v) is 1.25. The van der Waals surface area contributed by atoms with E-state index in [1.807, 2.05) is 0 Å². The van der Waals surface area contributed by atoms with Crippen LogP contribution in [0.4, 0.5) is 13.2 Å². The highest BCUT2D eigenvalue weighted by Crippen LogP contribution is 2.11. The van der Waals surface area contributed by atoms with Crippen LogP contribution in [-0.4, -0.2) is 7.28 Å². The number of hydrogen-bond acceptors (Lipinski definition) is 1. The minimum absolute atomic E-state index is 0.0112. The maximum atomic E-state index is 13.0. The van der Waals surface area contributed by atoms with Gasteiger partial charge in [-0.15, -0.1) is 0 Å². The van der Waals surface area contributed by atoms with Crippen LogP contribution in [0.15, 0.2) is 6.07 Å². The summed E-state index contributed by atoms with van der Waals surface area (Å²) in [4.78, 5) is 0. The van der Waals surface area contributed by atoms with E-state index in [0.717, 1.165) is 6.07 Å². The molecule has 0 aliphatic carbocycles. The van der Waals surface area contributed by atoms with E-state index in [4.69, 9.17) is 5.73 Å². The van der Waals surface area contributed by atoms with Crippen LogP contribution in [0.3, 0.4) is 0 Å². The van der Waals surface area contributed by atoms with Crippen molar-refractivity contribution in [2.75, 3.05) is 0 Å². The fraction of sp³-hybridized carbons (Fsp3) is 0.250. The van der Waals surface area contributed by atoms with Gasteiger partial charge in [-0.05, 0) is 17.1 Å². The molecule has 0 atom stereocenters. The van der Waals surface area contributed by atoms with Crippen LogP contribution in [0.5, 0.6) is 0 Å². The summed E-state index contributed by atoms with van der Waals surface area (Å²) in [5.41, 5.74) is 5.73. The molecule has 0 aromatic heterocycles. The van der Waals surface area contributed by atoms with Gasteiger partial charge >= 0.3 is 0 Å². The molecule has 0 saturated carbocycles. The van der Waals surface area contributed by atoms with E-state index in [0.29, 0.717) is 12.8 Å². The van der Waals surface area contributed by atoms with Gasteiger partial charge in [0.15, 0.2) is 24.7 Å². The summed E-state index contributed by atoms with van der Waals surface area (Å²) in [5.74, 6) is -3.73. The lowest BCUT2D eigenvalue weighted by Crippen LogP contribution is -2.25. The molecule has 1 aromatic carbocycles. The molecule has 0 fully saturated rings. The van der Waals surface area contributed by atoms with E-state index in [2.05, 4.69) is 0 Å². The van der Waals surface area contributed by atoms with Gasteiger partial charge in [0.1, 0.15) is 0 Å². The summed E-state index contributed by atoms with van der Waals surface area (Å²) < 4.78 is 38.4. The van der Waals surface area contributed by atoms with Crippen LogP contribution in [0, 0.1) is 17.5 Å². The van der Waals surface area contributed by atoms with Crippen LogP contribution in [-0.2, 0) is 6.54 Å². The first-order valence-corrected chi connectivity index (χ1v) is 3.97. The molecule has 0 heterocycles. The summed E-state index contributed by atoms with van der Waals surface area (Å²) in [5, 5.41) is 0. The van der Waals surface area contributed by atoms with Crippen molar-refractivity contribution in [1.29, 1.82) is 0 Å². The van der Waals surface area contributed by atoms with Crippen molar-refractivity contribution in [2.45, 2.75) is 13.4 Å². The Morgan fingerprint density at radius 2 is 1.92 bits per heavy atom. The highest BCUT2D eigenvalue weighted by molar-refractivity contribution is 6.52. The van der Waals surface area contributed by atoms with Gasteiger partial charge in [-0.25, -0.2) is 13.2 Å². The van der Waals surface area contributed by atoms with Gasteiger partial charge < -0.3 is 5.73 Å². The number of benzene rings is 1. The third-order valence-corrected chi connectivity index (χ3v) is 1.93. The number of hydrogen-bond donors (Lipinski definition) is 1. The monoisotopic (exact) mass is 187 g/mol. The predicted octanol–water partition coefficient (Wildman–Crippen LogP) is 0.673. The second-order valence-corrected chi connectivity index (χ2v) is 2.68. The molecule has 0 radical (unpaired) electrons. The zero-order valence-corrected chi connectivity index (χ0v) is 7.20. The smallest absolute Gasteiger partial charge is 0.193 e. The molecule has 0 saturated heterocycles. The Labute approximate surface area is 75.0 Å². The Hall–Kier alpha value is -0.965. The lowest BCUT2D eigenvalue weighted by molar-refractivity contribution is 0.449. The fourth-order valence-electron chi connectivity index (χ4n) is 1.25. The first kappa shape index (κ1) is 10.1. The molecule has 1 nitrogen and oxygen atoms in total. The summed E-state index contributed by atoms with van der Waals surface area (Å²) in [6.45, 7) is 1.67. The lowest BCUT2D eigenvalue weighted by Gasteiger charge is -2.07. The maximum Gasteiger partial charge on any atom is 0.193 e. The van der Waals surface area contributed by atoms with Crippen molar-refractivity contribution in [3.63, 3.8) is 0 Å². The van der Waals surface area contributed by atoms with Gasteiger partial charge in [0.2, 0.25) is 0 Å². The molecule has 0 amide bonds. The Morgan fingerprint density at radius 3 is 2.38 bits per heavy atom. The van der Waals surface area contributed by atoms with Gasteiger partial charge in [0, 0.05) is 6.54 Å². The van der Waals surface area contributed by atoms with Gasteiger partial charge in [-0.2, -0.15) is 0 Å². The van der Waals surface area contributed by atoms with Crippen molar-refractivity contribution < 1.29 is 13.2 Å². The molecule has 5 heteroatoms. The van der Waals surface area contributed by atoms with Crippen molar-refractivity contribution in [2.24, 2.45) is 5.73 Å². The molecule has 1 aromatic rings. The van der Waals surface area contributed by atoms with Gasteiger partial charge in [0.05, 0.1) is 0 Å². The highest BCUT2D eigenvalue weighted by atomic mass is 19.2. The zero-order valence-electron chi connectivity index (χ0n) is 7.20. The van der Waals surface area contributed by atoms with E-state index >= 15 is 0 Å². The molecule has 0 bridgehead atoms. The molecule has 13 heavy (non-hydrogen) atoms. The van der Waals surface area contributed by atoms with Crippen LogP contribution in [0.25, 0.3) is 0 Å². The van der Waals surface area contributed by atoms with E-state index in [9.17, 15) is 13.2 Å². The minimum atomic E-state index is -1.42. The summed E-state index contributed by atoms with van der Waals surface area (Å²) >= 11 is 0. The summed E-state index contributed by atoms with van der Waals surface area (Å²) in [6, 6.07) is 0.942. The second kappa shape index (κ2) is 3.83. The average Bonchev–Trinajstić information content (AvgIpc) is 2.13. The SMILES string of the molecule is CBc1c(CN)cc(F)c(F)c1F. The average molecular weight is 187 g/mol. The molecule has 0 aliphatic heterocycles. The minimum Gasteiger partial charge on any atom is -0.327 e. The Morgan fingerprint density at radius 1 is 1.31 bits per heavy atom. The molecule has 70 valence electrons. The molecular weight excluding hydrogens is 178 g/mol. The van der Waals surface area contributed by atoms with E-state index in [1.54, 1.807) is 6.82 Å². The molecule has 1 rings (SSSR count). The number of halogens is 3. The molecule has 2 N–H and O–H groups in total. The van der Waals surface area contributed by atoms with Gasteiger partial charge in [0.25, 0.3) is 0 Å². The molecule has 0 spiro atoms. The maximum absolute atomic E-state index is 13.0. The quantitative estimate of drug-likeness (QED) is 0.534. The van der Waals surface area contributed by atoms with E-state index in [1.165, 1.54) is 0 Å². The van der Waals surface area contributed by atoms with Crippen LogP contribution in [0.2, 0.25) is 6.82 Å². The normalized spacial score (nSPS) is 10.2. The Kier molecular flexibility index (Phi) is 2.98. The first-order valence-electron chi connectivity index (χ1n) is 3.97. The van der Waals surface area contributed by atoms with Crippen molar-refractivity contribution in [3.8, 4) is 0 Å². The zero-order chi connectivity index (χ0) is 10.0. The summed E-state index contributed by atoms with van der Waals surface area (Å²) in [7, 11) is 0.301. The topological polar surface area (TPSA) is 26.0 Å². The number of nitrogens with two attached hydrogens (primary N) is 1. The van der Waals surface area contributed by atoms with Crippen molar-refractivity contribution in [1.82, 2.24) is 0 Å². The van der Waals surface area contributed by atoms with Crippen LogP contribution >= 0.6 is 0 Å². The lowest BCUT2D eigenvalue weighted by atomic mass is 9.70. The standard InChI is InChI=1S/C8H9BF3N/c1-9-6-4(3-13)2-5(10)7(11)8(6)12/h2,9H,3,13H2,1H3. The van der Waals surface area contributed by atoms with Gasteiger partial charge in [-0.3, -0.25) is 0 Å². The molecule has 0 aliphatic rings. The van der Waals surface area contributed by atoms with E-state index in [-0.39, 0.29) is 12.0 Å². The van der Waals surface area contributed by atoms with Gasteiger partial charge in [-0.1, -0.05) is 6.82 Å². The highest BCUT2D eigenvalue weighted by Gasteiger charge is 2.16. The largest absolute Gasteiger partial charge is 0.327 e. The molecular formula is C8H9BF3N. The third kappa shape index (κ3) is 1.70. The summed E-state index contributed by atoms with van der Waals surface area (Å²) in [6.07, 6.45) is 0. The first-order chi connectivity index (χ1) is 6.11. The van der Waals surface area contributed by atoms with Crippen LogP contribution in [0.1, 0.15) is 5.56 Å². The van der Waals surface area contributed by atoms with E-state index < -0.39 is 17.5 Å². The Balaban J connectivity index is 3.39.